The number of nitrogens with one attached hydrogen (secondary N) is 1. The Bertz CT molecular complexity index is 688. The molecule has 0 heterocycles. The quantitative estimate of drug-likeness (QED) is 0.921. The van der Waals surface area contributed by atoms with Gasteiger partial charge >= 0.3 is 0 Å². The fraction of sp³-hybridized carbons (Fsp3) is 0.0625. The Morgan fingerprint density at radius 3 is 1.90 bits per heavy atom. The first-order valence-electron chi connectivity index (χ1n) is 6.00. The lowest BCUT2D eigenvalue weighted by molar-refractivity contribution is 0.0951. The normalized spacial score (nSPS) is 9.30. The first-order valence-corrected chi connectivity index (χ1v) is 6.00. The van der Waals surface area contributed by atoms with Gasteiger partial charge in [-0.15, -0.1) is 0 Å². The van der Waals surface area contributed by atoms with E-state index in [1.807, 2.05) is 12.1 Å². The topological polar surface area (TPSA) is 76.7 Å². The predicted octanol–water partition coefficient (Wildman–Crippen LogP) is 2.36. The molecule has 0 atom stereocenters. The van der Waals surface area contributed by atoms with Gasteiger partial charge in [-0.1, -0.05) is 12.1 Å². The van der Waals surface area contributed by atoms with Crippen molar-refractivity contribution >= 4 is 5.91 Å². The summed E-state index contributed by atoms with van der Waals surface area (Å²) in [5.41, 5.74) is 2.55. The fourth-order valence-corrected chi connectivity index (χ4v) is 1.68. The van der Waals surface area contributed by atoms with Crippen molar-refractivity contribution < 1.29 is 4.79 Å². The summed E-state index contributed by atoms with van der Waals surface area (Å²) in [4.78, 5) is 11.9. The molecular formula is C16H11N3O. The highest BCUT2D eigenvalue weighted by atomic mass is 16.1. The number of carbonyl (C=O) groups excluding carboxylic acids is 1. The van der Waals surface area contributed by atoms with Gasteiger partial charge in [-0.2, -0.15) is 10.5 Å². The summed E-state index contributed by atoms with van der Waals surface area (Å²) in [5, 5.41) is 20.2. The molecule has 4 nitrogen and oxygen atoms in total. The van der Waals surface area contributed by atoms with E-state index in [4.69, 9.17) is 10.5 Å². The Hall–Kier alpha value is -3.11. The van der Waals surface area contributed by atoms with Crippen LogP contribution in [0.2, 0.25) is 0 Å². The van der Waals surface area contributed by atoms with Gasteiger partial charge < -0.3 is 5.32 Å². The number of hydrogen-bond donors (Lipinski definition) is 1. The molecular weight excluding hydrogens is 250 g/mol. The van der Waals surface area contributed by atoms with E-state index in [2.05, 4.69) is 5.32 Å². The Morgan fingerprint density at radius 2 is 1.40 bits per heavy atom. The summed E-state index contributed by atoms with van der Waals surface area (Å²) in [7, 11) is 0. The minimum Gasteiger partial charge on any atom is -0.348 e. The Labute approximate surface area is 116 Å². The number of carbonyl (C=O) groups is 1. The van der Waals surface area contributed by atoms with Crippen molar-refractivity contribution in [1.82, 2.24) is 5.32 Å². The summed E-state index contributed by atoms with van der Waals surface area (Å²) in [6.45, 7) is 0.393. The maximum Gasteiger partial charge on any atom is 0.251 e. The van der Waals surface area contributed by atoms with E-state index in [1.165, 1.54) is 0 Å². The molecule has 0 bridgehead atoms. The third-order valence-electron chi connectivity index (χ3n) is 2.81. The summed E-state index contributed by atoms with van der Waals surface area (Å²) >= 11 is 0. The molecule has 0 aliphatic carbocycles. The molecule has 0 aromatic heterocycles. The Kier molecular flexibility index (Phi) is 4.11. The smallest absolute Gasteiger partial charge is 0.251 e. The van der Waals surface area contributed by atoms with E-state index < -0.39 is 0 Å². The molecule has 0 unspecified atom stereocenters. The van der Waals surface area contributed by atoms with Crippen molar-refractivity contribution in [2.24, 2.45) is 0 Å². The van der Waals surface area contributed by atoms with Crippen LogP contribution in [0.1, 0.15) is 27.0 Å². The van der Waals surface area contributed by atoms with Crippen molar-refractivity contribution in [1.29, 1.82) is 10.5 Å². The first-order chi connectivity index (χ1) is 9.72. The standard InChI is InChI=1S/C16H11N3O/c17-9-12-1-3-14(4-2-12)11-19-16(20)15-7-5-13(10-18)6-8-15/h1-8H,11H2,(H,19,20). The van der Waals surface area contributed by atoms with Gasteiger partial charge in [0.15, 0.2) is 0 Å². The van der Waals surface area contributed by atoms with Crippen LogP contribution in [0.3, 0.4) is 0 Å². The molecule has 0 aliphatic rings. The van der Waals surface area contributed by atoms with Crippen LogP contribution < -0.4 is 5.32 Å². The average molecular weight is 261 g/mol. The average Bonchev–Trinajstić information content (AvgIpc) is 2.53. The second-order valence-corrected chi connectivity index (χ2v) is 4.18. The number of benzene rings is 2. The maximum absolute atomic E-state index is 11.9. The number of nitriles is 2. The van der Waals surface area contributed by atoms with E-state index in [1.54, 1.807) is 48.5 Å². The number of nitrogens with zero attached hydrogens (tertiary/aromatic N) is 2. The molecule has 0 radical (unpaired) electrons. The molecule has 2 aromatic rings. The minimum absolute atomic E-state index is 0.196. The molecule has 0 aliphatic heterocycles. The zero-order valence-electron chi connectivity index (χ0n) is 10.6. The molecule has 0 fully saturated rings. The van der Waals surface area contributed by atoms with Crippen LogP contribution in [-0.4, -0.2) is 5.91 Å². The lowest BCUT2D eigenvalue weighted by Crippen LogP contribution is -2.22. The van der Waals surface area contributed by atoms with Gasteiger partial charge in [0.2, 0.25) is 0 Å². The maximum atomic E-state index is 11.9. The highest BCUT2D eigenvalue weighted by Gasteiger charge is 2.05. The largest absolute Gasteiger partial charge is 0.348 e. The highest BCUT2D eigenvalue weighted by molar-refractivity contribution is 5.94. The van der Waals surface area contributed by atoms with Crippen LogP contribution in [0.25, 0.3) is 0 Å². The highest BCUT2D eigenvalue weighted by Crippen LogP contribution is 2.05. The van der Waals surface area contributed by atoms with E-state index in [9.17, 15) is 4.79 Å². The second kappa shape index (κ2) is 6.17. The van der Waals surface area contributed by atoms with Crippen molar-refractivity contribution in [3.05, 3.63) is 70.8 Å². The molecule has 96 valence electrons. The van der Waals surface area contributed by atoms with Gasteiger partial charge in [0.25, 0.3) is 5.91 Å². The third kappa shape index (κ3) is 3.22. The Balaban J connectivity index is 1.97. The lowest BCUT2D eigenvalue weighted by Gasteiger charge is -2.05. The van der Waals surface area contributed by atoms with Crippen molar-refractivity contribution in [2.45, 2.75) is 6.54 Å². The molecule has 1 amide bonds. The fourth-order valence-electron chi connectivity index (χ4n) is 1.68. The van der Waals surface area contributed by atoms with Gasteiger partial charge in [-0.25, -0.2) is 0 Å². The number of amides is 1. The van der Waals surface area contributed by atoms with Gasteiger partial charge in [0.05, 0.1) is 23.3 Å². The lowest BCUT2D eigenvalue weighted by atomic mass is 10.1. The van der Waals surface area contributed by atoms with E-state index in [0.717, 1.165) is 5.56 Å². The number of rotatable bonds is 3. The molecule has 2 rings (SSSR count). The van der Waals surface area contributed by atoms with Gasteiger partial charge in [0.1, 0.15) is 0 Å². The SMILES string of the molecule is N#Cc1ccc(CNC(=O)c2ccc(C#N)cc2)cc1. The zero-order chi connectivity index (χ0) is 14.4. The molecule has 2 aromatic carbocycles. The summed E-state index contributed by atoms with van der Waals surface area (Å²) < 4.78 is 0. The molecule has 20 heavy (non-hydrogen) atoms. The summed E-state index contributed by atoms with van der Waals surface area (Å²) in [6, 6.07) is 17.5. The van der Waals surface area contributed by atoms with Crippen molar-refractivity contribution in [3.63, 3.8) is 0 Å². The van der Waals surface area contributed by atoms with Crippen LogP contribution in [0, 0.1) is 22.7 Å². The van der Waals surface area contributed by atoms with Gasteiger partial charge in [0, 0.05) is 12.1 Å². The van der Waals surface area contributed by atoms with Crippen LogP contribution in [0.15, 0.2) is 48.5 Å². The molecule has 4 heteroatoms. The first kappa shape index (κ1) is 13.3. The summed E-state index contributed by atoms with van der Waals surface area (Å²) in [6.07, 6.45) is 0. The van der Waals surface area contributed by atoms with Gasteiger partial charge in [-0.05, 0) is 42.0 Å². The molecule has 0 saturated heterocycles. The van der Waals surface area contributed by atoms with E-state index >= 15 is 0 Å². The Morgan fingerprint density at radius 1 is 0.900 bits per heavy atom. The van der Waals surface area contributed by atoms with E-state index in [-0.39, 0.29) is 5.91 Å². The van der Waals surface area contributed by atoms with Crippen LogP contribution >= 0.6 is 0 Å². The number of hydrogen-bond acceptors (Lipinski definition) is 3. The minimum atomic E-state index is -0.196. The van der Waals surface area contributed by atoms with Crippen molar-refractivity contribution in [3.8, 4) is 12.1 Å². The third-order valence-corrected chi connectivity index (χ3v) is 2.81. The van der Waals surface area contributed by atoms with Crippen LogP contribution in [0.5, 0.6) is 0 Å². The predicted molar refractivity (Wildman–Crippen MR) is 73.5 cm³/mol. The van der Waals surface area contributed by atoms with E-state index in [0.29, 0.717) is 23.2 Å². The molecule has 0 spiro atoms. The van der Waals surface area contributed by atoms with Crippen LogP contribution in [0.4, 0.5) is 0 Å². The molecule has 0 saturated carbocycles. The zero-order valence-corrected chi connectivity index (χ0v) is 10.6. The molecule has 1 N–H and O–H groups in total. The monoisotopic (exact) mass is 261 g/mol. The summed E-state index contributed by atoms with van der Waals surface area (Å²) in [5.74, 6) is -0.196. The van der Waals surface area contributed by atoms with Crippen molar-refractivity contribution in [2.75, 3.05) is 0 Å². The van der Waals surface area contributed by atoms with Gasteiger partial charge in [-0.3, -0.25) is 4.79 Å². The second-order valence-electron chi connectivity index (χ2n) is 4.18. The van der Waals surface area contributed by atoms with Crippen LogP contribution in [-0.2, 0) is 6.54 Å².